The van der Waals surface area contributed by atoms with Crippen LogP contribution in [0.1, 0.15) is 46.5 Å². The van der Waals surface area contributed by atoms with Crippen LogP contribution in [0.3, 0.4) is 0 Å². The summed E-state index contributed by atoms with van der Waals surface area (Å²) in [6.07, 6.45) is 4.61. The first-order valence-electron chi connectivity index (χ1n) is 6.99. The number of halogens is 1. The first-order valence-corrected chi connectivity index (χ1v) is 6.99. The van der Waals surface area contributed by atoms with Gasteiger partial charge in [0.15, 0.2) is 0 Å². The lowest BCUT2D eigenvalue weighted by Crippen LogP contribution is -2.43. The van der Waals surface area contributed by atoms with Gasteiger partial charge in [-0.25, -0.2) is 0 Å². The number of carbonyl (C=O) groups is 1. The second-order valence-electron chi connectivity index (χ2n) is 6.46. The van der Waals surface area contributed by atoms with Gasteiger partial charge in [-0.2, -0.15) is 0 Å². The van der Waals surface area contributed by atoms with Gasteiger partial charge in [0.05, 0.1) is 0 Å². The van der Waals surface area contributed by atoms with Gasteiger partial charge in [0.1, 0.15) is 0 Å². The van der Waals surface area contributed by atoms with Crippen molar-refractivity contribution in [3.63, 3.8) is 0 Å². The van der Waals surface area contributed by atoms with Crippen molar-refractivity contribution in [3.05, 3.63) is 0 Å². The van der Waals surface area contributed by atoms with E-state index in [1.807, 2.05) is 0 Å². The van der Waals surface area contributed by atoms with E-state index in [0.717, 1.165) is 32.6 Å². The highest BCUT2D eigenvalue weighted by Crippen LogP contribution is 2.40. The summed E-state index contributed by atoms with van der Waals surface area (Å²) < 4.78 is 0. The number of nitrogens with zero attached hydrogens (tertiary/aromatic N) is 1. The van der Waals surface area contributed by atoms with Crippen LogP contribution in [0.25, 0.3) is 0 Å². The van der Waals surface area contributed by atoms with Crippen molar-refractivity contribution < 1.29 is 4.79 Å². The molecule has 2 aliphatic rings. The number of hydrogen-bond acceptors (Lipinski definition) is 2. The first-order chi connectivity index (χ1) is 7.99. The summed E-state index contributed by atoms with van der Waals surface area (Å²) in [5.74, 6) is 0.357. The zero-order valence-corrected chi connectivity index (χ0v) is 12.7. The Labute approximate surface area is 117 Å². The fourth-order valence-corrected chi connectivity index (χ4v) is 3.05. The molecule has 3 nitrogen and oxygen atoms in total. The Morgan fingerprint density at radius 1 is 1.28 bits per heavy atom. The van der Waals surface area contributed by atoms with E-state index in [4.69, 9.17) is 0 Å². The van der Waals surface area contributed by atoms with Crippen molar-refractivity contribution >= 4 is 18.3 Å². The maximum atomic E-state index is 12.4. The SMILES string of the molecule is CCC(C)(C)C(=O)N1CCC2(CCNCC2)C1.Cl. The molecule has 0 radical (unpaired) electrons. The molecular formula is C14H27ClN2O. The van der Waals surface area contributed by atoms with Crippen molar-refractivity contribution in [2.75, 3.05) is 26.2 Å². The van der Waals surface area contributed by atoms with Crippen molar-refractivity contribution in [2.24, 2.45) is 10.8 Å². The molecule has 2 heterocycles. The second-order valence-corrected chi connectivity index (χ2v) is 6.46. The van der Waals surface area contributed by atoms with Crippen molar-refractivity contribution in [3.8, 4) is 0 Å². The molecule has 0 aromatic rings. The van der Waals surface area contributed by atoms with Gasteiger partial charge in [-0.1, -0.05) is 20.8 Å². The Balaban J connectivity index is 0.00000162. The number of nitrogens with one attached hydrogen (secondary N) is 1. The predicted molar refractivity (Wildman–Crippen MR) is 77.1 cm³/mol. The lowest BCUT2D eigenvalue weighted by atomic mass is 9.78. The van der Waals surface area contributed by atoms with Gasteiger partial charge in [-0.3, -0.25) is 4.79 Å². The monoisotopic (exact) mass is 274 g/mol. The molecule has 2 fully saturated rings. The van der Waals surface area contributed by atoms with E-state index in [9.17, 15) is 4.79 Å². The molecular weight excluding hydrogens is 248 g/mol. The van der Waals surface area contributed by atoms with Crippen LogP contribution < -0.4 is 5.32 Å². The third kappa shape index (κ3) is 3.00. The third-order valence-electron chi connectivity index (χ3n) is 4.85. The molecule has 0 aliphatic carbocycles. The zero-order chi connectivity index (χ0) is 12.5. The van der Waals surface area contributed by atoms with Crippen LogP contribution in [-0.4, -0.2) is 37.0 Å². The fraction of sp³-hybridized carbons (Fsp3) is 0.929. The summed E-state index contributed by atoms with van der Waals surface area (Å²) in [5, 5.41) is 3.42. The van der Waals surface area contributed by atoms with Crippen LogP contribution in [0.2, 0.25) is 0 Å². The zero-order valence-electron chi connectivity index (χ0n) is 11.9. The Morgan fingerprint density at radius 3 is 2.44 bits per heavy atom. The minimum Gasteiger partial charge on any atom is -0.342 e. The molecule has 1 spiro atoms. The van der Waals surface area contributed by atoms with Crippen LogP contribution in [0, 0.1) is 10.8 Å². The summed E-state index contributed by atoms with van der Waals surface area (Å²) in [6.45, 7) is 10.5. The highest BCUT2D eigenvalue weighted by molar-refractivity contribution is 5.85. The van der Waals surface area contributed by atoms with Gasteiger partial charge in [-0.05, 0) is 44.2 Å². The van der Waals surface area contributed by atoms with Gasteiger partial charge in [-0.15, -0.1) is 12.4 Å². The van der Waals surface area contributed by atoms with Crippen molar-refractivity contribution in [1.29, 1.82) is 0 Å². The van der Waals surface area contributed by atoms with E-state index >= 15 is 0 Å². The average Bonchev–Trinajstić information content (AvgIpc) is 2.73. The number of carbonyl (C=O) groups excluding carboxylic acids is 1. The van der Waals surface area contributed by atoms with Crippen molar-refractivity contribution in [1.82, 2.24) is 10.2 Å². The van der Waals surface area contributed by atoms with Gasteiger partial charge >= 0.3 is 0 Å². The predicted octanol–water partition coefficient (Wildman–Crippen LogP) is 2.45. The molecule has 106 valence electrons. The van der Waals surface area contributed by atoms with Crippen LogP contribution in [0.15, 0.2) is 0 Å². The van der Waals surface area contributed by atoms with Gasteiger partial charge in [0.25, 0.3) is 0 Å². The average molecular weight is 275 g/mol. The van der Waals surface area contributed by atoms with Gasteiger partial charge < -0.3 is 10.2 Å². The molecule has 18 heavy (non-hydrogen) atoms. The molecule has 0 saturated carbocycles. The Bertz CT molecular complexity index is 298. The number of amides is 1. The van der Waals surface area contributed by atoms with Crippen molar-refractivity contribution in [2.45, 2.75) is 46.5 Å². The van der Waals surface area contributed by atoms with Gasteiger partial charge in [0.2, 0.25) is 5.91 Å². The summed E-state index contributed by atoms with van der Waals surface area (Å²) >= 11 is 0. The van der Waals surface area contributed by atoms with E-state index in [2.05, 4.69) is 31.0 Å². The maximum absolute atomic E-state index is 12.4. The Kier molecular flexibility index (Phi) is 5.07. The summed E-state index contributed by atoms with van der Waals surface area (Å²) in [5.41, 5.74) is 0.253. The third-order valence-corrected chi connectivity index (χ3v) is 4.85. The fourth-order valence-electron chi connectivity index (χ4n) is 3.05. The molecule has 0 unspecified atom stereocenters. The number of rotatable bonds is 2. The number of piperidine rings is 1. The number of hydrogen-bond donors (Lipinski definition) is 1. The molecule has 1 N–H and O–H groups in total. The van der Waals surface area contributed by atoms with Crippen LogP contribution in [0.4, 0.5) is 0 Å². The standard InChI is InChI=1S/C14H26N2O.ClH/c1-4-13(2,3)12(17)16-10-7-14(11-16)5-8-15-9-6-14;/h15H,4-11H2,1-3H3;1H. The van der Waals surface area contributed by atoms with E-state index in [1.54, 1.807) is 0 Å². The summed E-state index contributed by atoms with van der Waals surface area (Å²) in [4.78, 5) is 14.6. The van der Waals surface area contributed by atoms with Crippen LogP contribution >= 0.6 is 12.4 Å². The summed E-state index contributed by atoms with van der Waals surface area (Å²) in [7, 11) is 0. The first kappa shape index (κ1) is 15.8. The molecule has 4 heteroatoms. The maximum Gasteiger partial charge on any atom is 0.228 e. The molecule has 0 bridgehead atoms. The highest BCUT2D eigenvalue weighted by Gasteiger charge is 2.43. The molecule has 0 atom stereocenters. The van der Waals surface area contributed by atoms with E-state index in [1.165, 1.54) is 19.3 Å². The quantitative estimate of drug-likeness (QED) is 0.839. The van der Waals surface area contributed by atoms with Gasteiger partial charge in [0, 0.05) is 18.5 Å². The molecule has 2 saturated heterocycles. The van der Waals surface area contributed by atoms with E-state index < -0.39 is 0 Å². The Hall–Kier alpha value is -0.280. The lowest BCUT2D eigenvalue weighted by molar-refractivity contribution is -0.139. The normalized spacial score (nSPS) is 22.9. The number of likely N-dealkylation sites (tertiary alicyclic amines) is 1. The molecule has 2 rings (SSSR count). The second kappa shape index (κ2) is 5.79. The largest absolute Gasteiger partial charge is 0.342 e. The smallest absolute Gasteiger partial charge is 0.228 e. The van der Waals surface area contributed by atoms with Crippen LogP contribution in [-0.2, 0) is 4.79 Å². The molecule has 2 aliphatic heterocycles. The summed E-state index contributed by atoms with van der Waals surface area (Å²) in [6, 6.07) is 0. The minimum atomic E-state index is -0.182. The Morgan fingerprint density at radius 2 is 1.89 bits per heavy atom. The van der Waals surface area contributed by atoms with Crippen LogP contribution in [0.5, 0.6) is 0 Å². The molecule has 1 amide bonds. The van der Waals surface area contributed by atoms with E-state index in [0.29, 0.717) is 11.3 Å². The molecule has 0 aromatic heterocycles. The molecule has 0 aromatic carbocycles. The van der Waals surface area contributed by atoms with E-state index in [-0.39, 0.29) is 17.8 Å². The minimum absolute atomic E-state index is 0. The highest BCUT2D eigenvalue weighted by atomic mass is 35.5. The topological polar surface area (TPSA) is 32.3 Å². The lowest BCUT2D eigenvalue weighted by Gasteiger charge is -2.35.